The van der Waals surface area contributed by atoms with Crippen LogP contribution in [0.2, 0.25) is 0 Å². The van der Waals surface area contributed by atoms with Crippen LogP contribution in [0.15, 0.2) is 71.7 Å². The molecular weight excluding hydrogens is 404 g/mol. The average Bonchev–Trinajstić information content (AvgIpc) is 2.74. The summed E-state index contributed by atoms with van der Waals surface area (Å²) >= 11 is 0. The summed E-state index contributed by atoms with van der Waals surface area (Å²) in [4.78, 5) is 30.4. The van der Waals surface area contributed by atoms with E-state index in [1.807, 2.05) is 0 Å². The van der Waals surface area contributed by atoms with Crippen LogP contribution in [0.25, 0.3) is 16.7 Å². The Morgan fingerprint density at radius 2 is 1.81 bits per heavy atom. The molecule has 2 aromatic heterocycles. The predicted octanol–water partition coefficient (Wildman–Crippen LogP) is 3.86. The fraction of sp³-hybridized carbons (Fsp3) is 0.0870. The highest BCUT2D eigenvalue weighted by molar-refractivity contribution is 6.02. The summed E-state index contributed by atoms with van der Waals surface area (Å²) in [5.74, 6) is -2.34. The van der Waals surface area contributed by atoms with E-state index in [0.29, 0.717) is 5.56 Å². The Bertz CT molecular complexity index is 1350. The van der Waals surface area contributed by atoms with E-state index in [0.717, 1.165) is 10.6 Å². The van der Waals surface area contributed by atoms with Crippen LogP contribution >= 0.6 is 0 Å². The number of nitrogens with zero attached hydrogens (tertiary/aromatic N) is 2. The second-order valence-corrected chi connectivity index (χ2v) is 6.97. The first-order chi connectivity index (χ1) is 14.9. The summed E-state index contributed by atoms with van der Waals surface area (Å²) in [6.07, 6.45) is 1.42. The van der Waals surface area contributed by atoms with Gasteiger partial charge in [0.15, 0.2) is 5.65 Å². The van der Waals surface area contributed by atoms with Gasteiger partial charge < -0.3 is 10.4 Å². The van der Waals surface area contributed by atoms with Crippen molar-refractivity contribution in [3.8, 4) is 11.4 Å². The minimum Gasteiger partial charge on any atom is -0.506 e. The molecule has 1 atom stereocenters. The smallest absolute Gasteiger partial charge is 0.273 e. The molecule has 0 aliphatic heterocycles. The van der Waals surface area contributed by atoms with Crippen molar-refractivity contribution in [2.75, 3.05) is 0 Å². The number of rotatable bonds is 4. The zero-order valence-electron chi connectivity index (χ0n) is 16.3. The summed E-state index contributed by atoms with van der Waals surface area (Å²) in [7, 11) is 0. The lowest BCUT2D eigenvalue weighted by Crippen LogP contribution is -2.34. The van der Waals surface area contributed by atoms with Crippen molar-refractivity contribution in [2.45, 2.75) is 13.0 Å². The molecule has 2 N–H and O–H groups in total. The topological polar surface area (TPSA) is 84.2 Å². The molecule has 0 spiro atoms. The first-order valence-electron chi connectivity index (χ1n) is 9.42. The molecule has 8 heteroatoms. The number of benzene rings is 2. The van der Waals surface area contributed by atoms with Gasteiger partial charge in [-0.15, -0.1) is 0 Å². The zero-order chi connectivity index (χ0) is 22.1. The van der Waals surface area contributed by atoms with Gasteiger partial charge in [0.1, 0.15) is 22.9 Å². The third-order valence-electron chi connectivity index (χ3n) is 4.92. The van der Waals surface area contributed by atoms with Crippen LogP contribution in [0.1, 0.15) is 28.9 Å². The van der Waals surface area contributed by atoms with Crippen molar-refractivity contribution < 1.29 is 18.7 Å². The predicted molar refractivity (Wildman–Crippen MR) is 111 cm³/mol. The number of aromatic hydroxyl groups is 1. The second kappa shape index (κ2) is 7.98. The van der Waals surface area contributed by atoms with E-state index >= 15 is 0 Å². The quantitative estimate of drug-likeness (QED) is 0.524. The van der Waals surface area contributed by atoms with Crippen molar-refractivity contribution in [3.05, 3.63) is 100.0 Å². The molecule has 0 saturated carbocycles. The van der Waals surface area contributed by atoms with Crippen molar-refractivity contribution in [2.24, 2.45) is 0 Å². The number of carbonyl (C=O) groups excluding carboxylic acids is 1. The van der Waals surface area contributed by atoms with Gasteiger partial charge in [-0.1, -0.05) is 18.2 Å². The molecule has 0 bridgehead atoms. The number of amides is 1. The highest BCUT2D eigenvalue weighted by Crippen LogP contribution is 2.27. The number of halogens is 2. The molecule has 0 radical (unpaired) electrons. The number of nitrogens with one attached hydrogen (secondary N) is 1. The maximum Gasteiger partial charge on any atom is 0.273 e. The third kappa shape index (κ3) is 3.75. The molecule has 0 aliphatic carbocycles. The fourth-order valence-electron chi connectivity index (χ4n) is 3.37. The molecule has 1 amide bonds. The molecule has 156 valence electrons. The van der Waals surface area contributed by atoms with Gasteiger partial charge in [-0.25, -0.2) is 13.8 Å². The number of hydrogen-bond donors (Lipinski definition) is 2. The maximum atomic E-state index is 13.8. The van der Waals surface area contributed by atoms with Crippen molar-refractivity contribution in [1.82, 2.24) is 14.9 Å². The lowest BCUT2D eigenvalue weighted by Gasteiger charge is -2.17. The highest BCUT2D eigenvalue weighted by atomic mass is 19.1. The Kier molecular flexibility index (Phi) is 5.21. The molecular formula is C23H17F2N3O3. The molecule has 2 heterocycles. The lowest BCUT2D eigenvalue weighted by molar-refractivity contribution is 0.0935. The lowest BCUT2D eigenvalue weighted by atomic mass is 10.1. The summed E-state index contributed by atoms with van der Waals surface area (Å²) in [5.41, 5.74) is -0.493. The standard InChI is InChI=1S/C23H17F2N3O3/c1-13(14-7-9-15(24)10-8-14)27-22(30)19-20(29)18-6-3-11-26-21(18)28(23(19)31)17-5-2-4-16(25)12-17/h2-13,29H,1H3,(H,27,30)/t13-/m0/s1. The summed E-state index contributed by atoms with van der Waals surface area (Å²) in [6, 6.07) is 13.3. The summed E-state index contributed by atoms with van der Waals surface area (Å²) in [5, 5.41) is 13.5. The molecule has 31 heavy (non-hydrogen) atoms. The van der Waals surface area contributed by atoms with Gasteiger partial charge in [-0.2, -0.15) is 0 Å². The summed E-state index contributed by atoms with van der Waals surface area (Å²) in [6.45, 7) is 1.66. The number of hydrogen-bond acceptors (Lipinski definition) is 4. The molecule has 6 nitrogen and oxygen atoms in total. The number of aromatic nitrogens is 2. The minimum atomic E-state index is -0.849. The van der Waals surface area contributed by atoms with E-state index < -0.39 is 40.5 Å². The van der Waals surface area contributed by atoms with Gasteiger partial charge in [-0.05, 0) is 55.0 Å². The Balaban J connectivity index is 1.85. The van der Waals surface area contributed by atoms with Crippen LogP contribution in [0.4, 0.5) is 8.78 Å². The van der Waals surface area contributed by atoms with Crippen LogP contribution in [0.3, 0.4) is 0 Å². The van der Waals surface area contributed by atoms with Crippen LogP contribution < -0.4 is 10.9 Å². The van der Waals surface area contributed by atoms with E-state index in [9.17, 15) is 23.5 Å². The second-order valence-electron chi connectivity index (χ2n) is 6.97. The van der Waals surface area contributed by atoms with Crippen molar-refractivity contribution in [3.63, 3.8) is 0 Å². The molecule has 0 saturated heterocycles. The van der Waals surface area contributed by atoms with E-state index in [1.54, 1.807) is 13.0 Å². The molecule has 0 aliphatic rings. The largest absolute Gasteiger partial charge is 0.506 e. The van der Waals surface area contributed by atoms with Gasteiger partial charge in [0, 0.05) is 6.20 Å². The number of fused-ring (bicyclic) bond motifs is 1. The molecule has 4 aromatic rings. The molecule has 2 aromatic carbocycles. The van der Waals surface area contributed by atoms with Crippen LogP contribution in [0.5, 0.6) is 5.75 Å². The van der Waals surface area contributed by atoms with Gasteiger partial charge in [0.05, 0.1) is 17.1 Å². The SMILES string of the molecule is C[C@H](NC(=O)c1c(O)c2cccnc2n(-c2cccc(F)c2)c1=O)c1ccc(F)cc1. The molecule has 0 unspecified atom stereocenters. The Morgan fingerprint density at radius 3 is 2.52 bits per heavy atom. The Hall–Kier alpha value is -4.07. The van der Waals surface area contributed by atoms with E-state index in [2.05, 4.69) is 10.3 Å². The normalized spacial score (nSPS) is 12.0. The molecule has 0 fully saturated rings. The van der Waals surface area contributed by atoms with E-state index in [-0.39, 0.29) is 16.7 Å². The first kappa shape index (κ1) is 20.2. The molecule has 4 rings (SSSR count). The highest BCUT2D eigenvalue weighted by Gasteiger charge is 2.25. The van der Waals surface area contributed by atoms with Crippen molar-refractivity contribution >= 4 is 16.9 Å². The first-order valence-corrected chi connectivity index (χ1v) is 9.42. The zero-order valence-corrected chi connectivity index (χ0v) is 16.3. The van der Waals surface area contributed by atoms with E-state index in [1.165, 1.54) is 54.7 Å². The van der Waals surface area contributed by atoms with Crippen LogP contribution in [-0.4, -0.2) is 20.6 Å². The Morgan fingerprint density at radius 1 is 1.06 bits per heavy atom. The summed E-state index contributed by atoms with van der Waals surface area (Å²) < 4.78 is 28.1. The maximum absolute atomic E-state index is 13.8. The van der Waals surface area contributed by atoms with Gasteiger partial charge >= 0.3 is 0 Å². The third-order valence-corrected chi connectivity index (χ3v) is 4.92. The van der Waals surface area contributed by atoms with Gasteiger partial charge in [-0.3, -0.25) is 14.2 Å². The van der Waals surface area contributed by atoms with Gasteiger partial charge in [0.25, 0.3) is 11.5 Å². The number of carbonyl (C=O) groups is 1. The van der Waals surface area contributed by atoms with E-state index in [4.69, 9.17) is 0 Å². The van der Waals surface area contributed by atoms with Gasteiger partial charge in [0.2, 0.25) is 0 Å². The van der Waals surface area contributed by atoms with Crippen LogP contribution in [-0.2, 0) is 0 Å². The van der Waals surface area contributed by atoms with Crippen LogP contribution in [0, 0.1) is 11.6 Å². The number of pyridine rings is 2. The Labute approximate surface area is 175 Å². The van der Waals surface area contributed by atoms with Crippen molar-refractivity contribution in [1.29, 1.82) is 0 Å². The fourth-order valence-corrected chi connectivity index (χ4v) is 3.37. The average molecular weight is 421 g/mol. The minimum absolute atomic E-state index is 0.0822. The monoisotopic (exact) mass is 421 g/mol.